The highest BCUT2D eigenvalue weighted by molar-refractivity contribution is 5.42. The summed E-state index contributed by atoms with van der Waals surface area (Å²) >= 11 is 0. The summed E-state index contributed by atoms with van der Waals surface area (Å²) < 4.78 is 10.6. The molecule has 1 N–H and O–H groups in total. The lowest BCUT2D eigenvalue weighted by Gasteiger charge is -2.19. The van der Waals surface area contributed by atoms with E-state index in [9.17, 15) is 0 Å². The summed E-state index contributed by atoms with van der Waals surface area (Å²) in [5, 5.41) is 3.42. The number of hydrogen-bond donors (Lipinski definition) is 1. The van der Waals surface area contributed by atoms with Crippen LogP contribution in [0.1, 0.15) is 24.2 Å². The number of ether oxygens (including phenoxy) is 2. The van der Waals surface area contributed by atoms with Crippen LogP contribution in [-0.4, -0.2) is 30.7 Å². The highest BCUT2D eigenvalue weighted by Gasteiger charge is 2.16. The molecule has 1 unspecified atom stereocenters. The van der Waals surface area contributed by atoms with E-state index in [1.54, 1.807) is 26.7 Å². The Balaban J connectivity index is 2.43. The number of nitrogens with one attached hydrogen (secondary N) is 1. The van der Waals surface area contributed by atoms with E-state index >= 15 is 0 Å². The third-order valence-corrected chi connectivity index (χ3v) is 3.02. The van der Waals surface area contributed by atoms with Crippen LogP contribution in [0.3, 0.4) is 0 Å². The zero-order chi connectivity index (χ0) is 14.4. The van der Waals surface area contributed by atoms with Gasteiger partial charge in [0.1, 0.15) is 17.8 Å². The molecule has 0 aliphatic carbocycles. The molecule has 20 heavy (non-hydrogen) atoms. The largest absolute Gasteiger partial charge is 0.497 e. The van der Waals surface area contributed by atoms with Gasteiger partial charge >= 0.3 is 0 Å². The van der Waals surface area contributed by atoms with Crippen molar-refractivity contribution in [2.24, 2.45) is 0 Å². The van der Waals surface area contributed by atoms with Crippen molar-refractivity contribution in [2.75, 3.05) is 20.8 Å². The fraction of sp³-hybridized carbons (Fsp3) is 0.333. The van der Waals surface area contributed by atoms with Gasteiger partial charge in [-0.2, -0.15) is 0 Å². The highest BCUT2D eigenvalue weighted by Crippen LogP contribution is 2.29. The number of aromatic nitrogens is 2. The number of hydrogen-bond acceptors (Lipinski definition) is 5. The molecule has 1 heterocycles. The summed E-state index contributed by atoms with van der Waals surface area (Å²) in [7, 11) is 3.29. The van der Waals surface area contributed by atoms with Gasteiger partial charge in [0.15, 0.2) is 0 Å². The van der Waals surface area contributed by atoms with Crippen molar-refractivity contribution in [2.45, 2.75) is 13.0 Å². The van der Waals surface area contributed by atoms with E-state index in [-0.39, 0.29) is 6.04 Å². The molecule has 5 nitrogen and oxygen atoms in total. The van der Waals surface area contributed by atoms with Crippen molar-refractivity contribution in [3.05, 3.63) is 48.0 Å². The lowest BCUT2D eigenvalue weighted by atomic mass is 10.0. The molecule has 1 aromatic heterocycles. The lowest BCUT2D eigenvalue weighted by Crippen LogP contribution is -2.23. The Hall–Kier alpha value is -2.14. The van der Waals surface area contributed by atoms with E-state index in [1.807, 2.05) is 24.3 Å². The molecule has 0 bridgehead atoms. The van der Waals surface area contributed by atoms with Crippen LogP contribution in [-0.2, 0) is 0 Å². The van der Waals surface area contributed by atoms with E-state index < -0.39 is 0 Å². The molecule has 0 fully saturated rings. The molecule has 2 aromatic rings. The Labute approximate surface area is 119 Å². The first-order valence-electron chi connectivity index (χ1n) is 6.50. The van der Waals surface area contributed by atoms with Gasteiger partial charge in [0.25, 0.3) is 0 Å². The zero-order valence-electron chi connectivity index (χ0n) is 12.0. The maximum Gasteiger partial charge on any atom is 0.122 e. The van der Waals surface area contributed by atoms with E-state index in [4.69, 9.17) is 9.47 Å². The Bertz CT molecular complexity index is 524. The summed E-state index contributed by atoms with van der Waals surface area (Å²) in [5.74, 6) is 1.52. The van der Waals surface area contributed by atoms with Crippen molar-refractivity contribution in [3.63, 3.8) is 0 Å². The number of benzene rings is 1. The van der Waals surface area contributed by atoms with E-state index in [0.29, 0.717) is 0 Å². The number of rotatable bonds is 6. The maximum atomic E-state index is 5.32. The van der Waals surface area contributed by atoms with Gasteiger partial charge in [0.2, 0.25) is 0 Å². The molecule has 5 heteroatoms. The van der Waals surface area contributed by atoms with Crippen molar-refractivity contribution in [3.8, 4) is 11.5 Å². The molecule has 0 aliphatic rings. The van der Waals surface area contributed by atoms with Crippen LogP contribution in [0, 0.1) is 0 Å². The van der Waals surface area contributed by atoms with Crippen molar-refractivity contribution in [1.82, 2.24) is 15.3 Å². The zero-order valence-corrected chi connectivity index (χ0v) is 12.0. The summed E-state index contributed by atoms with van der Waals surface area (Å²) in [5.41, 5.74) is 1.96. The van der Waals surface area contributed by atoms with Gasteiger partial charge in [-0.05, 0) is 30.3 Å². The molecule has 1 atom stereocenters. The minimum atomic E-state index is -0.0213. The van der Waals surface area contributed by atoms with E-state index in [1.165, 1.54) is 0 Å². The van der Waals surface area contributed by atoms with Crippen LogP contribution in [0.5, 0.6) is 11.5 Å². The molecule has 0 spiro atoms. The predicted molar refractivity (Wildman–Crippen MR) is 77.1 cm³/mol. The van der Waals surface area contributed by atoms with Crippen LogP contribution in [0.2, 0.25) is 0 Å². The van der Waals surface area contributed by atoms with Gasteiger partial charge in [-0.1, -0.05) is 6.92 Å². The summed E-state index contributed by atoms with van der Waals surface area (Å²) in [4.78, 5) is 8.29. The van der Waals surface area contributed by atoms with Crippen LogP contribution >= 0.6 is 0 Å². The molecule has 0 radical (unpaired) electrons. The van der Waals surface area contributed by atoms with Crippen molar-refractivity contribution in [1.29, 1.82) is 0 Å². The fourth-order valence-electron chi connectivity index (χ4n) is 2.07. The SMILES string of the molecule is CCNC(c1cc(OC)cc(OC)c1)c1ccncn1. The predicted octanol–water partition coefficient (Wildman–Crippen LogP) is 2.19. The fourth-order valence-corrected chi connectivity index (χ4v) is 2.07. The van der Waals surface area contributed by atoms with Crippen LogP contribution in [0.4, 0.5) is 0 Å². The molecule has 0 saturated carbocycles. The monoisotopic (exact) mass is 273 g/mol. The normalized spacial score (nSPS) is 11.9. The Morgan fingerprint density at radius 1 is 1.15 bits per heavy atom. The lowest BCUT2D eigenvalue weighted by molar-refractivity contribution is 0.392. The minimum absolute atomic E-state index is 0.0213. The van der Waals surface area contributed by atoms with Gasteiger partial charge in [0.05, 0.1) is 26.0 Å². The van der Waals surface area contributed by atoms with Crippen LogP contribution in [0.25, 0.3) is 0 Å². The topological polar surface area (TPSA) is 56.3 Å². The van der Waals surface area contributed by atoms with Crippen LogP contribution in [0.15, 0.2) is 36.8 Å². The Morgan fingerprint density at radius 2 is 1.85 bits per heavy atom. The maximum absolute atomic E-state index is 5.32. The molecule has 106 valence electrons. The van der Waals surface area contributed by atoms with E-state index in [0.717, 1.165) is 29.3 Å². The number of nitrogens with zero attached hydrogens (tertiary/aromatic N) is 2. The third kappa shape index (κ3) is 3.24. The third-order valence-electron chi connectivity index (χ3n) is 3.02. The highest BCUT2D eigenvalue weighted by atomic mass is 16.5. The van der Waals surface area contributed by atoms with Crippen molar-refractivity contribution < 1.29 is 9.47 Å². The molecular formula is C15H19N3O2. The smallest absolute Gasteiger partial charge is 0.122 e. The quantitative estimate of drug-likeness (QED) is 0.874. The summed E-state index contributed by atoms with van der Waals surface area (Å²) in [6.45, 7) is 2.89. The molecule has 1 aromatic carbocycles. The first-order chi connectivity index (χ1) is 9.78. The average molecular weight is 273 g/mol. The standard InChI is InChI=1S/C15H19N3O2/c1-4-17-15(14-5-6-16-10-18-14)11-7-12(19-2)9-13(8-11)20-3/h5-10,15,17H,4H2,1-3H3. The Kier molecular flexibility index (Phi) is 4.90. The number of methoxy groups -OCH3 is 2. The average Bonchev–Trinajstić information content (AvgIpc) is 2.52. The molecule has 0 aliphatic heterocycles. The van der Waals surface area contributed by atoms with Gasteiger partial charge < -0.3 is 14.8 Å². The van der Waals surface area contributed by atoms with Gasteiger partial charge in [-0.25, -0.2) is 9.97 Å². The summed E-state index contributed by atoms with van der Waals surface area (Å²) in [6, 6.07) is 7.70. The van der Waals surface area contributed by atoms with Gasteiger partial charge in [0, 0.05) is 12.3 Å². The minimum Gasteiger partial charge on any atom is -0.497 e. The van der Waals surface area contributed by atoms with Gasteiger partial charge in [-0.15, -0.1) is 0 Å². The first-order valence-corrected chi connectivity index (χ1v) is 6.50. The molecular weight excluding hydrogens is 254 g/mol. The molecule has 2 rings (SSSR count). The van der Waals surface area contributed by atoms with E-state index in [2.05, 4.69) is 22.2 Å². The summed E-state index contributed by atoms with van der Waals surface area (Å²) in [6.07, 6.45) is 3.29. The second kappa shape index (κ2) is 6.86. The second-order valence-electron chi connectivity index (χ2n) is 4.27. The Morgan fingerprint density at radius 3 is 2.35 bits per heavy atom. The van der Waals surface area contributed by atoms with Crippen LogP contribution < -0.4 is 14.8 Å². The molecule has 0 amide bonds. The molecule has 0 saturated heterocycles. The van der Waals surface area contributed by atoms with Crippen molar-refractivity contribution >= 4 is 0 Å². The first kappa shape index (κ1) is 14.3. The van der Waals surface area contributed by atoms with Gasteiger partial charge in [-0.3, -0.25) is 0 Å². The second-order valence-corrected chi connectivity index (χ2v) is 4.27.